The molecule has 0 aromatic rings. The Kier molecular flexibility index (Phi) is 12.1. The summed E-state index contributed by atoms with van der Waals surface area (Å²) in [6, 6.07) is 0. The second-order valence-electron chi connectivity index (χ2n) is 6.08. The summed E-state index contributed by atoms with van der Waals surface area (Å²) < 4.78 is 10.1. The highest BCUT2D eigenvalue weighted by Gasteiger charge is 2.24. The number of nitrogens with one attached hydrogen (secondary N) is 1. The van der Waals surface area contributed by atoms with Crippen LogP contribution in [0.4, 0.5) is 4.79 Å². The molecule has 8 heteroatoms. The molecule has 0 bridgehead atoms. The maximum Gasteiger partial charge on any atom is 0.410 e. The minimum absolute atomic E-state index is 0.0501. The standard InChI is InChI=1S/C17H31NO6S/c1-6-12(7-2)10-25-13(15(20)21)9-18-17(22)24-16(11(4)5)23-14(19)8-3/h11-13,16H,6-10H2,1-5H3,(H,18,22)(H,20,21)/t13-,16+/m0/s1. The number of carbonyl (C=O) groups excluding carboxylic acids is 2. The second-order valence-corrected chi connectivity index (χ2v) is 7.32. The molecule has 2 atom stereocenters. The number of ether oxygens (including phenoxy) is 2. The average Bonchev–Trinajstić information content (AvgIpc) is 2.56. The zero-order valence-corrected chi connectivity index (χ0v) is 16.6. The van der Waals surface area contributed by atoms with Crippen molar-refractivity contribution >= 4 is 29.8 Å². The molecule has 7 nitrogen and oxygen atoms in total. The van der Waals surface area contributed by atoms with Crippen molar-refractivity contribution in [1.82, 2.24) is 5.32 Å². The first-order chi connectivity index (χ1) is 11.7. The van der Waals surface area contributed by atoms with E-state index < -0.39 is 29.6 Å². The Bertz CT molecular complexity index is 425. The zero-order chi connectivity index (χ0) is 19.4. The number of alkyl carbamates (subject to hydrolysis) is 1. The van der Waals surface area contributed by atoms with Crippen LogP contribution in [0.5, 0.6) is 0 Å². The summed E-state index contributed by atoms with van der Waals surface area (Å²) in [5, 5.41) is 11.0. The summed E-state index contributed by atoms with van der Waals surface area (Å²) >= 11 is 1.31. The predicted molar refractivity (Wildman–Crippen MR) is 97.4 cm³/mol. The number of amides is 1. The molecule has 0 aromatic heterocycles. The number of hydrogen-bond donors (Lipinski definition) is 2. The first kappa shape index (κ1) is 23.6. The molecule has 2 N–H and O–H groups in total. The summed E-state index contributed by atoms with van der Waals surface area (Å²) in [5.74, 6) is -0.466. The molecule has 146 valence electrons. The van der Waals surface area contributed by atoms with Crippen molar-refractivity contribution in [2.45, 2.75) is 65.4 Å². The number of carbonyl (C=O) groups is 3. The largest absolute Gasteiger partial charge is 0.480 e. The molecule has 0 fully saturated rings. The maximum atomic E-state index is 11.9. The summed E-state index contributed by atoms with van der Waals surface area (Å²) in [4.78, 5) is 34.6. The highest BCUT2D eigenvalue weighted by Crippen LogP contribution is 2.20. The first-order valence-electron chi connectivity index (χ1n) is 8.73. The van der Waals surface area contributed by atoms with E-state index in [-0.39, 0.29) is 18.9 Å². The van der Waals surface area contributed by atoms with Crippen molar-refractivity contribution in [2.75, 3.05) is 12.3 Å². The van der Waals surface area contributed by atoms with Crippen LogP contribution in [0, 0.1) is 11.8 Å². The molecular weight excluding hydrogens is 346 g/mol. The van der Waals surface area contributed by atoms with Gasteiger partial charge in [-0.2, -0.15) is 0 Å². The van der Waals surface area contributed by atoms with Crippen LogP contribution in [-0.2, 0) is 19.1 Å². The lowest BCUT2D eigenvalue weighted by Gasteiger charge is -2.22. The van der Waals surface area contributed by atoms with Gasteiger partial charge in [0.2, 0.25) is 0 Å². The van der Waals surface area contributed by atoms with E-state index in [9.17, 15) is 19.5 Å². The molecule has 0 aromatic carbocycles. The van der Waals surface area contributed by atoms with Crippen molar-refractivity contribution in [3.63, 3.8) is 0 Å². The number of carboxylic acid groups (broad SMARTS) is 1. The summed E-state index contributed by atoms with van der Waals surface area (Å²) in [6.45, 7) is 9.26. The Morgan fingerprint density at radius 3 is 2.12 bits per heavy atom. The lowest BCUT2D eigenvalue weighted by Crippen LogP contribution is -2.39. The van der Waals surface area contributed by atoms with Crippen LogP contribution in [0.25, 0.3) is 0 Å². The fourth-order valence-electron chi connectivity index (χ4n) is 1.83. The van der Waals surface area contributed by atoms with Gasteiger partial charge in [0.1, 0.15) is 5.25 Å². The Morgan fingerprint density at radius 1 is 1.08 bits per heavy atom. The number of aliphatic carboxylic acids is 1. The topological polar surface area (TPSA) is 102 Å². The fourth-order valence-corrected chi connectivity index (χ4v) is 3.15. The maximum absolute atomic E-state index is 11.9. The molecule has 0 saturated carbocycles. The third kappa shape index (κ3) is 10.2. The molecule has 0 saturated heterocycles. The van der Waals surface area contributed by atoms with Gasteiger partial charge in [0.15, 0.2) is 0 Å². The highest BCUT2D eigenvalue weighted by molar-refractivity contribution is 8.00. The molecule has 0 heterocycles. The van der Waals surface area contributed by atoms with Crippen molar-refractivity contribution in [3.05, 3.63) is 0 Å². The molecule has 0 radical (unpaired) electrons. The van der Waals surface area contributed by atoms with E-state index in [2.05, 4.69) is 19.2 Å². The van der Waals surface area contributed by atoms with E-state index in [0.717, 1.165) is 18.6 Å². The van der Waals surface area contributed by atoms with Crippen LogP contribution in [0.3, 0.4) is 0 Å². The Balaban J connectivity index is 4.49. The Morgan fingerprint density at radius 2 is 1.68 bits per heavy atom. The summed E-state index contributed by atoms with van der Waals surface area (Å²) in [7, 11) is 0. The van der Waals surface area contributed by atoms with Crippen LogP contribution >= 0.6 is 11.8 Å². The van der Waals surface area contributed by atoms with Gasteiger partial charge in [-0.05, 0) is 11.7 Å². The first-order valence-corrected chi connectivity index (χ1v) is 9.78. The zero-order valence-electron chi connectivity index (χ0n) is 15.7. The van der Waals surface area contributed by atoms with Gasteiger partial charge in [-0.15, -0.1) is 11.8 Å². The molecule has 0 aliphatic rings. The lowest BCUT2D eigenvalue weighted by molar-refractivity contribution is -0.174. The van der Waals surface area contributed by atoms with Gasteiger partial charge in [-0.25, -0.2) is 4.79 Å². The van der Waals surface area contributed by atoms with E-state index in [1.54, 1.807) is 20.8 Å². The summed E-state index contributed by atoms with van der Waals surface area (Å²) in [6.07, 6.45) is 0.376. The smallest absolute Gasteiger partial charge is 0.410 e. The summed E-state index contributed by atoms with van der Waals surface area (Å²) in [5.41, 5.74) is 0. The minimum Gasteiger partial charge on any atom is -0.480 e. The van der Waals surface area contributed by atoms with E-state index >= 15 is 0 Å². The van der Waals surface area contributed by atoms with Crippen molar-refractivity contribution in [1.29, 1.82) is 0 Å². The van der Waals surface area contributed by atoms with Gasteiger partial charge < -0.3 is 19.9 Å². The molecule has 0 spiro atoms. The van der Waals surface area contributed by atoms with Crippen molar-refractivity contribution in [2.24, 2.45) is 11.8 Å². The highest BCUT2D eigenvalue weighted by atomic mass is 32.2. The molecule has 0 aliphatic heterocycles. The molecule has 25 heavy (non-hydrogen) atoms. The number of esters is 1. The van der Waals surface area contributed by atoms with E-state index in [1.807, 2.05) is 0 Å². The quantitative estimate of drug-likeness (QED) is 0.397. The van der Waals surface area contributed by atoms with E-state index in [0.29, 0.717) is 5.92 Å². The second kappa shape index (κ2) is 12.9. The number of thioether (sulfide) groups is 1. The number of carboxylic acids is 1. The third-order valence-electron chi connectivity index (χ3n) is 3.70. The SMILES string of the molecule is CCC(=O)O[C@H](OC(=O)NC[C@H](SCC(CC)CC)C(=O)O)C(C)C. The molecule has 0 unspecified atom stereocenters. The van der Waals surface area contributed by atoms with Crippen LogP contribution < -0.4 is 5.32 Å². The van der Waals surface area contributed by atoms with Gasteiger partial charge in [0.05, 0.1) is 0 Å². The van der Waals surface area contributed by atoms with Gasteiger partial charge in [0.25, 0.3) is 6.29 Å². The minimum atomic E-state index is -0.993. The van der Waals surface area contributed by atoms with Crippen LogP contribution in [0.1, 0.15) is 53.9 Å². The van der Waals surface area contributed by atoms with Crippen molar-refractivity contribution in [3.8, 4) is 0 Å². The predicted octanol–water partition coefficient (Wildman–Crippen LogP) is 3.27. The Labute approximate surface area is 154 Å². The van der Waals surface area contributed by atoms with Crippen LogP contribution in [-0.4, -0.2) is 47.0 Å². The fraction of sp³-hybridized carbons (Fsp3) is 0.824. The van der Waals surface area contributed by atoms with E-state index in [1.165, 1.54) is 11.8 Å². The number of rotatable bonds is 12. The van der Waals surface area contributed by atoms with Crippen LogP contribution in [0.15, 0.2) is 0 Å². The van der Waals surface area contributed by atoms with Gasteiger partial charge >= 0.3 is 18.0 Å². The van der Waals surface area contributed by atoms with Crippen LogP contribution in [0.2, 0.25) is 0 Å². The number of hydrogen-bond acceptors (Lipinski definition) is 6. The third-order valence-corrected chi connectivity index (χ3v) is 5.13. The molecule has 1 amide bonds. The Hall–Kier alpha value is -1.44. The molecule has 0 aliphatic carbocycles. The average molecular weight is 378 g/mol. The molecule has 0 rings (SSSR count). The monoisotopic (exact) mass is 377 g/mol. The van der Waals surface area contributed by atoms with Gasteiger partial charge in [0, 0.05) is 18.9 Å². The van der Waals surface area contributed by atoms with Crippen molar-refractivity contribution < 1.29 is 29.0 Å². The molecular formula is C17H31NO6S. The normalized spacial score (nSPS) is 13.4. The van der Waals surface area contributed by atoms with E-state index in [4.69, 9.17) is 9.47 Å². The van der Waals surface area contributed by atoms with Gasteiger partial charge in [-0.1, -0.05) is 47.5 Å². The van der Waals surface area contributed by atoms with Gasteiger partial charge in [-0.3, -0.25) is 9.59 Å². The lowest BCUT2D eigenvalue weighted by atomic mass is 10.1.